The minimum atomic E-state index is -0.0576. The van der Waals surface area contributed by atoms with Crippen molar-refractivity contribution in [2.45, 2.75) is 45.8 Å². The van der Waals surface area contributed by atoms with Gasteiger partial charge in [0.1, 0.15) is 6.61 Å². The fourth-order valence-corrected chi connectivity index (χ4v) is 2.84. The minimum absolute atomic E-state index is 0.0576. The summed E-state index contributed by atoms with van der Waals surface area (Å²) in [6.07, 6.45) is 4.61. The molecule has 0 fully saturated rings. The molecule has 2 aromatic rings. The van der Waals surface area contributed by atoms with Crippen LogP contribution in [0.4, 0.5) is 0 Å². The SMILES string of the molecule is CCCn1c(CO)nnc1-c1ccc2c(c1)CCC2. The highest BCUT2D eigenvalue weighted by atomic mass is 16.3. The molecule has 0 spiro atoms. The van der Waals surface area contributed by atoms with Crippen molar-refractivity contribution in [1.82, 2.24) is 14.8 Å². The van der Waals surface area contributed by atoms with Gasteiger partial charge in [-0.1, -0.05) is 19.1 Å². The Hall–Kier alpha value is -1.68. The lowest BCUT2D eigenvalue weighted by Gasteiger charge is -2.09. The second-order valence-corrected chi connectivity index (χ2v) is 5.09. The number of nitrogens with zero attached hydrogens (tertiary/aromatic N) is 3. The monoisotopic (exact) mass is 257 g/mol. The molecule has 1 aromatic carbocycles. The number of fused-ring (bicyclic) bond motifs is 1. The molecule has 0 saturated carbocycles. The lowest BCUT2D eigenvalue weighted by Crippen LogP contribution is -2.05. The minimum Gasteiger partial charge on any atom is -0.388 e. The molecular formula is C15H19N3O. The maximum atomic E-state index is 9.34. The first-order chi connectivity index (χ1) is 9.33. The predicted octanol–water partition coefficient (Wildman–Crippen LogP) is 2.34. The lowest BCUT2D eigenvalue weighted by molar-refractivity contribution is 0.264. The summed E-state index contributed by atoms with van der Waals surface area (Å²) in [5.41, 5.74) is 4.02. The second kappa shape index (κ2) is 5.13. The summed E-state index contributed by atoms with van der Waals surface area (Å²) in [4.78, 5) is 0. The van der Waals surface area contributed by atoms with E-state index in [1.807, 2.05) is 4.57 Å². The van der Waals surface area contributed by atoms with Crippen LogP contribution in [-0.2, 0) is 26.0 Å². The van der Waals surface area contributed by atoms with E-state index >= 15 is 0 Å². The summed E-state index contributed by atoms with van der Waals surface area (Å²) in [6.45, 7) is 2.90. The van der Waals surface area contributed by atoms with Crippen molar-refractivity contribution >= 4 is 0 Å². The molecule has 19 heavy (non-hydrogen) atoms. The van der Waals surface area contributed by atoms with Crippen LogP contribution in [0.25, 0.3) is 11.4 Å². The van der Waals surface area contributed by atoms with Gasteiger partial charge in [-0.05, 0) is 42.9 Å². The van der Waals surface area contributed by atoms with Crippen LogP contribution < -0.4 is 0 Å². The summed E-state index contributed by atoms with van der Waals surface area (Å²) in [5.74, 6) is 1.53. The molecule has 0 saturated heterocycles. The van der Waals surface area contributed by atoms with Gasteiger partial charge in [-0.2, -0.15) is 0 Å². The standard InChI is InChI=1S/C15H19N3O/c1-2-8-18-14(10-19)16-17-15(18)13-7-6-11-4-3-5-12(11)9-13/h6-7,9,19H,2-5,8,10H2,1H3. The van der Waals surface area contributed by atoms with Crippen molar-refractivity contribution in [1.29, 1.82) is 0 Å². The number of aryl methyl sites for hydroxylation is 2. The van der Waals surface area contributed by atoms with Gasteiger partial charge in [0, 0.05) is 12.1 Å². The van der Waals surface area contributed by atoms with E-state index in [1.54, 1.807) is 0 Å². The Labute approximate surface area is 113 Å². The molecule has 0 amide bonds. The number of hydrogen-bond donors (Lipinski definition) is 1. The summed E-state index contributed by atoms with van der Waals surface area (Å²) in [7, 11) is 0. The van der Waals surface area contributed by atoms with Gasteiger partial charge in [-0.3, -0.25) is 0 Å². The average molecular weight is 257 g/mol. The number of benzene rings is 1. The van der Waals surface area contributed by atoms with E-state index in [0.717, 1.165) is 30.8 Å². The number of aliphatic hydroxyl groups excluding tert-OH is 1. The van der Waals surface area contributed by atoms with E-state index in [2.05, 4.69) is 35.3 Å². The number of rotatable bonds is 4. The van der Waals surface area contributed by atoms with Crippen molar-refractivity contribution in [3.8, 4) is 11.4 Å². The normalized spacial score (nSPS) is 13.8. The topological polar surface area (TPSA) is 50.9 Å². The van der Waals surface area contributed by atoms with Gasteiger partial charge in [0.25, 0.3) is 0 Å². The molecule has 1 N–H and O–H groups in total. The molecular weight excluding hydrogens is 238 g/mol. The summed E-state index contributed by atoms with van der Waals surface area (Å²) >= 11 is 0. The molecule has 4 heteroatoms. The summed E-state index contributed by atoms with van der Waals surface area (Å²) < 4.78 is 2.02. The maximum absolute atomic E-state index is 9.34. The molecule has 1 aliphatic carbocycles. The summed E-state index contributed by atoms with van der Waals surface area (Å²) in [6, 6.07) is 6.57. The Morgan fingerprint density at radius 3 is 2.84 bits per heavy atom. The Bertz CT molecular complexity index is 589. The van der Waals surface area contributed by atoms with Crippen LogP contribution in [0.1, 0.15) is 36.7 Å². The van der Waals surface area contributed by atoms with Crippen molar-refractivity contribution in [2.75, 3.05) is 0 Å². The zero-order valence-corrected chi connectivity index (χ0v) is 11.3. The Kier molecular flexibility index (Phi) is 3.34. The molecule has 0 unspecified atom stereocenters. The first kappa shape index (κ1) is 12.4. The fourth-order valence-electron chi connectivity index (χ4n) is 2.84. The molecule has 3 rings (SSSR count). The molecule has 0 radical (unpaired) electrons. The molecule has 0 atom stereocenters. The maximum Gasteiger partial charge on any atom is 0.164 e. The van der Waals surface area contributed by atoms with Crippen LogP contribution >= 0.6 is 0 Å². The van der Waals surface area contributed by atoms with Gasteiger partial charge in [0.2, 0.25) is 0 Å². The van der Waals surface area contributed by atoms with Crippen molar-refractivity contribution in [3.05, 3.63) is 35.2 Å². The van der Waals surface area contributed by atoms with E-state index in [9.17, 15) is 5.11 Å². The fraction of sp³-hybridized carbons (Fsp3) is 0.467. The molecule has 1 aromatic heterocycles. The van der Waals surface area contributed by atoms with Gasteiger partial charge in [0.15, 0.2) is 11.6 Å². The number of aromatic nitrogens is 3. The molecule has 1 aliphatic rings. The largest absolute Gasteiger partial charge is 0.388 e. The highest BCUT2D eigenvalue weighted by molar-refractivity contribution is 5.58. The van der Waals surface area contributed by atoms with Gasteiger partial charge < -0.3 is 9.67 Å². The predicted molar refractivity (Wildman–Crippen MR) is 73.7 cm³/mol. The highest BCUT2D eigenvalue weighted by Gasteiger charge is 2.16. The Balaban J connectivity index is 2.04. The Morgan fingerprint density at radius 1 is 1.21 bits per heavy atom. The molecule has 0 aliphatic heterocycles. The quantitative estimate of drug-likeness (QED) is 0.914. The summed E-state index contributed by atoms with van der Waals surface area (Å²) in [5, 5.41) is 17.7. The molecule has 1 heterocycles. The lowest BCUT2D eigenvalue weighted by atomic mass is 10.1. The molecule has 100 valence electrons. The number of aliphatic hydroxyl groups is 1. The van der Waals surface area contributed by atoms with Gasteiger partial charge in [-0.25, -0.2) is 0 Å². The number of hydrogen-bond acceptors (Lipinski definition) is 3. The van der Waals surface area contributed by atoms with Crippen LogP contribution in [-0.4, -0.2) is 19.9 Å². The second-order valence-electron chi connectivity index (χ2n) is 5.09. The smallest absolute Gasteiger partial charge is 0.164 e. The van der Waals surface area contributed by atoms with Gasteiger partial charge >= 0.3 is 0 Å². The molecule has 4 nitrogen and oxygen atoms in total. The van der Waals surface area contributed by atoms with Crippen LogP contribution in [0.2, 0.25) is 0 Å². The zero-order chi connectivity index (χ0) is 13.2. The van der Waals surface area contributed by atoms with Crippen molar-refractivity contribution in [3.63, 3.8) is 0 Å². The van der Waals surface area contributed by atoms with E-state index in [4.69, 9.17) is 0 Å². The van der Waals surface area contributed by atoms with Gasteiger partial charge in [-0.15, -0.1) is 10.2 Å². The highest BCUT2D eigenvalue weighted by Crippen LogP contribution is 2.27. The van der Waals surface area contributed by atoms with E-state index in [0.29, 0.717) is 5.82 Å². The third kappa shape index (κ3) is 2.16. The van der Waals surface area contributed by atoms with Crippen LogP contribution in [0.15, 0.2) is 18.2 Å². The van der Waals surface area contributed by atoms with Crippen LogP contribution in [0.3, 0.4) is 0 Å². The third-order valence-corrected chi connectivity index (χ3v) is 3.77. The van der Waals surface area contributed by atoms with Crippen molar-refractivity contribution < 1.29 is 5.11 Å². The van der Waals surface area contributed by atoms with E-state index < -0.39 is 0 Å². The van der Waals surface area contributed by atoms with Crippen LogP contribution in [0, 0.1) is 0 Å². The van der Waals surface area contributed by atoms with Crippen molar-refractivity contribution in [2.24, 2.45) is 0 Å². The van der Waals surface area contributed by atoms with Gasteiger partial charge in [0.05, 0.1) is 0 Å². The third-order valence-electron chi connectivity index (χ3n) is 3.77. The molecule has 0 bridgehead atoms. The van der Waals surface area contributed by atoms with E-state index in [1.165, 1.54) is 24.0 Å². The Morgan fingerprint density at radius 2 is 2.05 bits per heavy atom. The van der Waals surface area contributed by atoms with Crippen LogP contribution in [0.5, 0.6) is 0 Å². The first-order valence-electron chi connectivity index (χ1n) is 6.98. The van der Waals surface area contributed by atoms with E-state index in [-0.39, 0.29) is 6.61 Å². The average Bonchev–Trinajstić information content (AvgIpc) is 3.04. The zero-order valence-electron chi connectivity index (χ0n) is 11.3. The first-order valence-corrected chi connectivity index (χ1v) is 6.98.